The number of rotatable bonds is 9. The van der Waals surface area contributed by atoms with E-state index in [1.54, 1.807) is 6.20 Å². The van der Waals surface area contributed by atoms with Crippen LogP contribution in [0.4, 0.5) is 0 Å². The minimum Gasteiger partial charge on any atom is -0.405 e. The van der Waals surface area contributed by atoms with Crippen molar-refractivity contribution in [3.63, 3.8) is 0 Å². The first-order chi connectivity index (χ1) is 21.1. The molecule has 0 aliphatic carbocycles. The summed E-state index contributed by atoms with van der Waals surface area (Å²) in [4.78, 5) is 21.1. The highest BCUT2D eigenvalue weighted by Gasteiger charge is 2.51. The fraction of sp³-hybridized carbons (Fsp3) is 0.351. The van der Waals surface area contributed by atoms with Crippen LogP contribution < -0.4 is 10.4 Å². The fourth-order valence-electron chi connectivity index (χ4n) is 6.95. The predicted molar refractivity (Wildman–Crippen MR) is 184 cm³/mol. The second-order valence-corrected chi connectivity index (χ2v) is 18.1. The number of hydrogen-bond acceptors (Lipinski definition) is 3. The number of pyridine rings is 1. The maximum Gasteiger partial charge on any atom is 0.261 e. The second-order valence-electron chi connectivity index (χ2n) is 12.9. The maximum atomic E-state index is 14.3. The molecule has 1 aliphatic rings. The summed E-state index contributed by atoms with van der Waals surface area (Å²) in [5.41, 5.74) is 1.93. The lowest BCUT2D eigenvalue weighted by Gasteiger charge is -2.49. The van der Waals surface area contributed by atoms with E-state index in [2.05, 4.69) is 99.3 Å². The first kappa shape index (κ1) is 32.4. The van der Waals surface area contributed by atoms with E-state index in [9.17, 15) is 4.79 Å². The molecule has 44 heavy (non-hydrogen) atoms. The molecule has 2 heterocycles. The number of carbonyl (C=O) groups is 1. The summed E-state index contributed by atoms with van der Waals surface area (Å²) >= 11 is 12.8. The van der Waals surface area contributed by atoms with Gasteiger partial charge in [-0.25, -0.2) is 0 Å². The Morgan fingerprint density at radius 2 is 1.55 bits per heavy atom. The second kappa shape index (κ2) is 13.6. The zero-order chi connectivity index (χ0) is 31.5. The molecule has 1 aromatic heterocycles. The summed E-state index contributed by atoms with van der Waals surface area (Å²) < 4.78 is 7.40. The topological polar surface area (TPSA) is 42.4 Å². The van der Waals surface area contributed by atoms with Crippen LogP contribution in [0.1, 0.15) is 70.7 Å². The van der Waals surface area contributed by atoms with Gasteiger partial charge in [-0.1, -0.05) is 131 Å². The van der Waals surface area contributed by atoms with Crippen LogP contribution in [0.5, 0.6) is 0 Å². The number of aromatic nitrogens is 1. The van der Waals surface area contributed by atoms with E-state index in [4.69, 9.17) is 32.6 Å². The summed E-state index contributed by atoms with van der Waals surface area (Å²) in [6, 6.07) is 32.7. The van der Waals surface area contributed by atoms with Crippen LogP contribution in [-0.2, 0) is 9.22 Å². The van der Waals surface area contributed by atoms with Gasteiger partial charge in [0.2, 0.25) is 5.91 Å². The number of nitrogens with zero attached hydrogens (tertiary/aromatic N) is 2. The lowest BCUT2D eigenvalue weighted by Crippen LogP contribution is -2.67. The fourth-order valence-corrected chi connectivity index (χ4v) is 11.9. The molecule has 4 aromatic rings. The first-order valence-electron chi connectivity index (χ1n) is 15.5. The van der Waals surface area contributed by atoms with Gasteiger partial charge < -0.3 is 9.33 Å². The van der Waals surface area contributed by atoms with Gasteiger partial charge in [-0.15, -0.1) is 0 Å². The Hall–Kier alpha value is -2.96. The number of benzene rings is 3. The van der Waals surface area contributed by atoms with E-state index in [1.165, 1.54) is 10.4 Å². The van der Waals surface area contributed by atoms with E-state index in [1.807, 2.05) is 37.3 Å². The number of halogens is 2. The SMILES string of the molecule is CC[C@@H](CO[Si](c1ccccc1)(c1ccccc1)C(C)(C)C)N1C(=O)C(C)C[C@H](c2cccc(Cl)c2)[C@H]1c1ccc(Cl)cn1. The van der Waals surface area contributed by atoms with Crippen molar-refractivity contribution in [1.29, 1.82) is 0 Å². The quantitative estimate of drug-likeness (QED) is 0.172. The van der Waals surface area contributed by atoms with Gasteiger partial charge in [0.15, 0.2) is 0 Å². The molecule has 1 amide bonds. The molecule has 0 saturated carbocycles. The van der Waals surface area contributed by atoms with E-state index < -0.39 is 8.32 Å². The van der Waals surface area contributed by atoms with Gasteiger partial charge in [-0.3, -0.25) is 9.78 Å². The van der Waals surface area contributed by atoms with Gasteiger partial charge in [0.1, 0.15) is 0 Å². The Morgan fingerprint density at radius 1 is 0.909 bits per heavy atom. The van der Waals surface area contributed by atoms with Crippen molar-refractivity contribution in [2.24, 2.45) is 5.92 Å². The molecule has 4 atom stereocenters. The van der Waals surface area contributed by atoms with Gasteiger partial charge in [0, 0.05) is 23.1 Å². The lowest BCUT2D eigenvalue weighted by molar-refractivity contribution is -0.147. The molecule has 0 N–H and O–H groups in total. The number of hydrogen-bond donors (Lipinski definition) is 0. The minimum atomic E-state index is -2.82. The third kappa shape index (κ3) is 6.39. The molecule has 0 radical (unpaired) electrons. The Labute approximate surface area is 273 Å². The largest absolute Gasteiger partial charge is 0.405 e. The highest BCUT2D eigenvalue weighted by Crippen LogP contribution is 2.46. The van der Waals surface area contributed by atoms with Crippen molar-refractivity contribution in [3.8, 4) is 0 Å². The van der Waals surface area contributed by atoms with Crippen molar-refractivity contribution in [2.45, 2.75) is 70.5 Å². The molecular formula is C37H42Cl2N2O2Si. The Balaban J connectivity index is 1.61. The highest BCUT2D eigenvalue weighted by atomic mass is 35.5. The van der Waals surface area contributed by atoms with Crippen molar-refractivity contribution in [2.75, 3.05) is 6.61 Å². The standard InChI is InChI=1S/C37H42Cl2N2O2Si/c1-6-30(25-43-44(37(3,4)5,31-16-9-7-10-17-31)32-18-11-8-12-19-32)41-35(34-21-20-29(39)24-40-34)33(22-26(2)36(41)42)27-14-13-15-28(38)23-27/h7-21,23-24,26,30,33,35H,6,22,25H2,1-5H3/t26?,30-,33+,35-/m0/s1. The molecule has 7 heteroatoms. The Kier molecular flexibility index (Phi) is 10.0. The summed E-state index contributed by atoms with van der Waals surface area (Å²) in [6.07, 6.45) is 3.12. The van der Waals surface area contributed by atoms with E-state index in [0.717, 1.165) is 17.7 Å². The van der Waals surface area contributed by atoms with Crippen molar-refractivity contribution in [1.82, 2.24) is 9.88 Å². The van der Waals surface area contributed by atoms with Gasteiger partial charge in [0.25, 0.3) is 8.32 Å². The lowest BCUT2D eigenvalue weighted by atomic mass is 9.76. The van der Waals surface area contributed by atoms with Gasteiger partial charge >= 0.3 is 0 Å². The highest BCUT2D eigenvalue weighted by molar-refractivity contribution is 6.99. The molecule has 4 nitrogen and oxygen atoms in total. The third-order valence-corrected chi connectivity index (χ3v) is 14.5. The smallest absolute Gasteiger partial charge is 0.261 e. The van der Waals surface area contributed by atoms with Crippen molar-refractivity contribution < 1.29 is 9.22 Å². The average molecular weight is 646 g/mol. The van der Waals surface area contributed by atoms with Crippen LogP contribution in [0.25, 0.3) is 0 Å². The van der Waals surface area contributed by atoms with Crippen LogP contribution in [0.3, 0.4) is 0 Å². The molecule has 1 saturated heterocycles. The molecular weight excluding hydrogens is 603 g/mol. The van der Waals surface area contributed by atoms with E-state index >= 15 is 0 Å². The van der Waals surface area contributed by atoms with Gasteiger partial charge in [-0.05, 0) is 58.1 Å². The van der Waals surface area contributed by atoms with Crippen LogP contribution in [0, 0.1) is 5.92 Å². The summed E-state index contributed by atoms with van der Waals surface area (Å²) in [5, 5.41) is 3.52. The maximum absolute atomic E-state index is 14.3. The predicted octanol–water partition coefficient (Wildman–Crippen LogP) is 8.44. The van der Waals surface area contributed by atoms with E-state index in [-0.39, 0.29) is 34.9 Å². The first-order valence-corrected chi connectivity index (χ1v) is 18.2. The van der Waals surface area contributed by atoms with E-state index in [0.29, 0.717) is 23.1 Å². The Morgan fingerprint density at radius 3 is 2.07 bits per heavy atom. The number of likely N-dealkylation sites (tertiary alicyclic amines) is 1. The number of amides is 1. The Bertz CT molecular complexity index is 1500. The van der Waals surface area contributed by atoms with Crippen LogP contribution in [0.2, 0.25) is 15.1 Å². The molecule has 1 fully saturated rings. The van der Waals surface area contributed by atoms with Crippen LogP contribution >= 0.6 is 23.2 Å². The summed E-state index contributed by atoms with van der Waals surface area (Å²) in [7, 11) is -2.82. The minimum absolute atomic E-state index is 0.0111. The molecule has 0 spiro atoms. The van der Waals surface area contributed by atoms with Gasteiger partial charge in [0.05, 0.1) is 29.4 Å². The molecule has 5 rings (SSSR count). The molecule has 1 unspecified atom stereocenters. The van der Waals surface area contributed by atoms with Crippen molar-refractivity contribution >= 4 is 47.8 Å². The van der Waals surface area contributed by atoms with Crippen LogP contribution in [0.15, 0.2) is 103 Å². The zero-order valence-electron chi connectivity index (χ0n) is 26.2. The monoisotopic (exact) mass is 644 g/mol. The van der Waals surface area contributed by atoms with Gasteiger partial charge in [-0.2, -0.15) is 0 Å². The zero-order valence-corrected chi connectivity index (χ0v) is 28.7. The number of piperidine rings is 1. The average Bonchev–Trinajstić information content (AvgIpc) is 3.02. The summed E-state index contributed by atoms with van der Waals surface area (Å²) in [6.45, 7) is 11.4. The third-order valence-electron chi connectivity index (χ3n) is 9.07. The molecule has 0 bridgehead atoms. The van der Waals surface area contributed by atoms with Crippen LogP contribution in [-0.4, -0.2) is 36.8 Å². The summed E-state index contributed by atoms with van der Waals surface area (Å²) in [5.74, 6) is -0.0237. The normalized spacial score (nSPS) is 20.0. The molecule has 1 aliphatic heterocycles. The number of carbonyl (C=O) groups excluding carboxylic acids is 1. The van der Waals surface area contributed by atoms with Crippen molar-refractivity contribution in [3.05, 3.63) is 125 Å². The molecule has 230 valence electrons. The molecule has 3 aromatic carbocycles.